The van der Waals surface area contributed by atoms with Crippen molar-refractivity contribution in [2.45, 2.75) is 0 Å². The predicted molar refractivity (Wildman–Crippen MR) is 68.2 cm³/mol. The molecule has 0 saturated carbocycles. The quantitative estimate of drug-likeness (QED) is 0.416. The number of H-pyrrole nitrogens is 1. The summed E-state index contributed by atoms with van der Waals surface area (Å²) < 4.78 is 65.9. The number of halogens is 5. The van der Waals surface area contributed by atoms with Gasteiger partial charge in [-0.05, 0) is 18.2 Å². The molecule has 0 atom stereocenters. The summed E-state index contributed by atoms with van der Waals surface area (Å²) in [6, 6.07) is 3.33. The Morgan fingerprint density at radius 2 is 1.52 bits per heavy atom. The lowest BCUT2D eigenvalue weighted by Crippen LogP contribution is -1.98. The van der Waals surface area contributed by atoms with Crippen LogP contribution in [0.3, 0.4) is 0 Å². The summed E-state index contributed by atoms with van der Waals surface area (Å²) in [5.74, 6) is -8.61. The topological polar surface area (TPSA) is 73.6 Å². The van der Waals surface area contributed by atoms with E-state index in [1.807, 2.05) is 0 Å². The average Bonchev–Trinajstić information content (AvgIpc) is 2.80. The summed E-state index contributed by atoms with van der Waals surface area (Å²) in [7, 11) is 0. The van der Waals surface area contributed by atoms with E-state index in [9.17, 15) is 27.1 Å². The van der Waals surface area contributed by atoms with Gasteiger partial charge >= 0.3 is 0 Å². The number of nitrogens with zero attached hydrogens (tertiary/aromatic N) is 3. The number of aromatic amines is 1. The summed E-state index contributed by atoms with van der Waals surface area (Å²) in [4.78, 5) is 4.74. The normalized spacial score (nSPS) is 11.7. The monoisotopic (exact) mass is 328 g/mol. The van der Waals surface area contributed by atoms with E-state index in [0.717, 1.165) is 12.1 Å². The van der Waals surface area contributed by atoms with Crippen molar-refractivity contribution in [1.82, 2.24) is 9.97 Å². The van der Waals surface area contributed by atoms with Crippen LogP contribution in [0.15, 0.2) is 28.4 Å². The van der Waals surface area contributed by atoms with E-state index in [-0.39, 0.29) is 16.6 Å². The molecule has 0 amide bonds. The van der Waals surface area contributed by atoms with Crippen LogP contribution in [0.1, 0.15) is 0 Å². The number of hydrogen-bond donors (Lipinski definition) is 2. The molecule has 3 aromatic rings. The maximum absolute atomic E-state index is 13.4. The fourth-order valence-electron chi connectivity index (χ4n) is 1.91. The van der Waals surface area contributed by atoms with Gasteiger partial charge in [0.1, 0.15) is 5.82 Å². The lowest BCUT2D eigenvalue weighted by atomic mass is 10.2. The maximum Gasteiger partial charge on any atom is 0.254 e. The molecule has 0 saturated heterocycles. The zero-order valence-corrected chi connectivity index (χ0v) is 10.9. The molecule has 0 unspecified atom stereocenters. The van der Waals surface area contributed by atoms with Crippen molar-refractivity contribution < 1.29 is 27.1 Å². The van der Waals surface area contributed by atoms with Gasteiger partial charge in [-0.2, -0.15) is 22.5 Å². The highest BCUT2D eigenvalue weighted by atomic mass is 19.2. The maximum atomic E-state index is 13.4. The molecule has 0 aliphatic heterocycles. The summed E-state index contributed by atoms with van der Waals surface area (Å²) in [5.41, 5.74) is -1.48. The fraction of sp³-hybridized carbons (Fsp3) is 0. The van der Waals surface area contributed by atoms with E-state index < -0.39 is 40.9 Å². The van der Waals surface area contributed by atoms with Gasteiger partial charge in [-0.3, -0.25) is 0 Å². The van der Waals surface area contributed by atoms with Crippen LogP contribution in [-0.2, 0) is 0 Å². The number of pyridine rings is 1. The van der Waals surface area contributed by atoms with Gasteiger partial charge in [-0.15, -0.1) is 10.2 Å². The summed E-state index contributed by atoms with van der Waals surface area (Å²) in [5, 5.41) is 16.3. The van der Waals surface area contributed by atoms with Crippen LogP contribution in [0.5, 0.6) is 5.88 Å². The Bertz CT molecular complexity index is 927. The number of azo groups is 1. The van der Waals surface area contributed by atoms with Crippen LogP contribution >= 0.6 is 0 Å². The molecule has 0 aliphatic rings. The van der Waals surface area contributed by atoms with Crippen molar-refractivity contribution in [3.05, 3.63) is 47.5 Å². The molecule has 0 radical (unpaired) electrons. The highest BCUT2D eigenvalue weighted by Gasteiger charge is 2.21. The fourth-order valence-corrected chi connectivity index (χ4v) is 1.91. The third-order valence-corrected chi connectivity index (χ3v) is 2.94. The molecular weight excluding hydrogens is 323 g/mol. The SMILES string of the molecule is Oc1[nH]c2cc(F)ccc2c1N=Nc1c(F)c(F)nc(F)c1F. The standard InChI is InChI=1S/C13H5F5N4O/c14-4-1-2-5-6(3-4)19-13(23)9(5)21-22-10-7(15)11(17)20-12(18)8(10)16/h1-3,19,23H. The summed E-state index contributed by atoms with van der Waals surface area (Å²) in [6.07, 6.45) is 0. The van der Waals surface area contributed by atoms with Crippen molar-refractivity contribution >= 4 is 22.3 Å². The first-order valence-electron chi connectivity index (χ1n) is 6.00. The highest BCUT2D eigenvalue weighted by molar-refractivity contribution is 5.94. The first kappa shape index (κ1) is 14.9. The molecule has 0 spiro atoms. The smallest absolute Gasteiger partial charge is 0.254 e. The second kappa shape index (κ2) is 5.30. The van der Waals surface area contributed by atoms with Crippen LogP contribution in [-0.4, -0.2) is 15.1 Å². The molecule has 2 N–H and O–H groups in total. The number of benzene rings is 1. The molecule has 0 bridgehead atoms. The molecule has 2 heterocycles. The van der Waals surface area contributed by atoms with Crippen molar-refractivity contribution in [2.24, 2.45) is 10.2 Å². The van der Waals surface area contributed by atoms with E-state index in [1.54, 1.807) is 0 Å². The lowest BCUT2D eigenvalue weighted by molar-refractivity contribution is 0.409. The van der Waals surface area contributed by atoms with E-state index in [0.29, 0.717) is 0 Å². The minimum Gasteiger partial charge on any atom is -0.493 e. The molecule has 1 aromatic carbocycles. The Hall–Kier alpha value is -3.04. The van der Waals surface area contributed by atoms with E-state index in [4.69, 9.17) is 0 Å². The second-order valence-electron chi connectivity index (χ2n) is 4.38. The number of nitrogens with one attached hydrogen (secondary N) is 1. The summed E-state index contributed by atoms with van der Waals surface area (Å²) >= 11 is 0. The molecule has 3 rings (SSSR count). The van der Waals surface area contributed by atoms with Gasteiger partial charge in [0.25, 0.3) is 11.9 Å². The number of aromatic nitrogens is 2. The van der Waals surface area contributed by atoms with Gasteiger partial charge in [-0.1, -0.05) is 0 Å². The number of hydrogen-bond acceptors (Lipinski definition) is 4. The predicted octanol–water partition coefficient (Wildman–Crippen LogP) is 4.38. The van der Waals surface area contributed by atoms with Crippen LogP contribution in [0.2, 0.25) is 0 Å². The average molecular weight is 328 g/mol. The molecule has 118 valence electrons. The van der Waals surface area contributed by atoms with Crippen LogP contribution in [0, 0.1) is 29.3 Å². The van der Waals surface area contributed by atoms with Crippen molar-refractivity contribution in [1.29, 1.82) is 0 Å². The highest BCUT2D eigenvalue weighted by Crippen LogP contribution is 2.37. The minimum absolute atomic E-state index is 0.143. The van der Waals surface area contributed by atoms with Gasteiger partial charge < -0.3 is 10.1 Å². The van der Waals surface area contributed by atoms with Crippen molar-refractivity contribution in [2.75, 3.05) is 0 Å². The molecule has 0 aliphatic carbocycles. The van der Waals surface area contributed by atoms with Crippen LogP contribution in [0.25, 0.3) is 10.9 Å². The zero-order chi connectivity index (χ0) is 16.7. The number of rotatable bonds is 2. The Morgan fingerprint density at radius 1 is 0.913 bits per heavy atom. The Labute approximate surface area is 124 Å². The van der Waals surface area contributed by atoms with Gasteiger partial charge in [0.15, 0.2) is 11.4 Å². The lowest BCUT2D eigenvalue weighted by Gasteiger charge is -1.99. The van der Waals surface area contributed by atoms with Crippen molar-refractivity contribution in [3.63, 3.8) is 0 Å². The van der Waals surface area contributed by atoms with E-state index >= 15 is 0 Å². The third-order valence-electron chi connectivity index (χ3n) is 2.94. The molecular formula is C13H5F5N4O. The molecule has 5 nitrogen and oxygen atoms in total. The Kier molecular flexibility index (Phi) is 3.43. The molecule has 23 heavy (non-hydrogen) atoms. The number of fused-ring (bicyclic) bond motifs is 1. The summed E-state index contributed by atoms with van der Waals surface area (Å²) in [6.45, 7) is 0. The van der Waals surface area contributed by atoms with Gasteiger partial charge in [0, 0.05) is 5.39 Å². The molecule has 2 aromatic heterocycles. The first-order chi connectivity index (χ1) is 10.9. The number of aromatic hydroxyl groups is 1. The largest absolute Gasteiger partial charge is 0.493 e. The minimum atomic E-state index is -1.89. The van der Waals surface area contributed by atoms with Gasteiger partial charge in [0.2, 0.25) is 17.5 Å². The second-order valence-corrected chi connectivity index (χ2v) is 4.38. The third kappa shape index (κ3) is 2.47. The van der Waals surface area contributed by atoms with Crippen LogP contribution in [0.4, 0.5) is 33.3 Å². The van der Waals surface area contributed by atoms with Crippen LogP contribution < -0.4 is 0 Å². The Balaban J connectivity index is 2.13. The first-order valence-corrected chi connectivity index (χ1v) is 6.00. The van der Waals surface area contributed by atoms with E-state index in [2.05, 4.69) is 20.2 Å². The van der Waals surface area contributed by atoms with Gasteiger partial charge in [0.05, 0.1) is 5.52 Å². The Morgan fingerprint density at radius 3 is 2.17 bits per heavy atom. The van der Waals surface area contributed by atoms with Gasteiger partial charge in [-0.25, -0.2) is 4.39 Å². The molecule has 10 heteroatoms. The van der Waals surface area contributed by atoms with E-state index in [1.165, 1.54) is 6.07 Å². The van der Waals surface area contributed by atoms with Crippen molar-refractivity contribution in [3.8, 4) is 5.88 Å². The zero-order valence-electron chi connectivity index (χ0n) is 10.9. The molecule has 0 fully saturated rings.